The average molecular weight is 461 g/mol. The Balaban J connectivity index is 1.43. The summed E-state index contributed by atoms with van der Waals surface area (Å²) in [6.45, 7) is 1.99. The van der Waals surface area contributed by atoms with Crippen LogP contribution in [0.2, 0.25) is 0 Å². The number of aryl methyl sites for hydroxylation is 1. The number of carbonyl (C=O) groups is 4. The molecule has 2 heterocycles. The van der Waals surface area contributed by atoms with Crippen molar-refractivity contribution in [2.45, 2.75) is 26.2 Å². The van der Waals surface area contributed by atoms with Crippen molar-refractivity contribution in [2.24, 2.45) is 0 Å². The Morgan fingerprint density at radius 1 is 1.03 bits per heavy atom. The lowest BCUT2D eigenvalue weighted by atomic mass is 10.1. The van der Waals surface area contributed by atoms with Crippen molar-refractivity contribution in [1.29, 1.82) is 0 Å². The van der Waals surface area contributed by atoms with Crippen molar-refractivity contribution in [1.82, 2.24) is 0 Å². The van der Waals surface area contributed by atoms with Gasteiger partial charge in [-0.2, -0.15) is 0 Å². The number of ether oxygens (including phenoxy) is 1. The molecule has 33 heavy (non-hydrogen) atoms. The van der Waals surface area contributed by atoms with E-state index in [0.717, 1.165) is 34.6 Å². The van der Waals surface area contributed by atoms with E-state index in [0.29, 0.717) is 27.4 Å². The first-order valence-electron chi connectivity index (χ1n) is 10.7. The third kappa shape index (κ3) is 3.52. The normalized spacial score (nSPS) is 14.3. The van der Waals surface area contributed by atoms with Crippen LogP contribution in [0.5, 0.6) is 0 Å². The van der Waals surface area contributed by atoms with E-state index in [1.54, 1.807) is 49.4 Å². The lowest BCUT2D eigenvalue weighted by Crippen LogP contribution is -2.29. The lowest BCUT2D eigenvalue weighted by molar-refractivity contribution is 0.0526. The molecule has 2 aromatic carbocycles. The molecular weight excluding hydrogens is 440 g/mol. The van der Waals surface area contributed by atoms with Gasteiger partial charge in [0.2, 0.25) is 0 Å². The number of nitrogens with zero attached hydrogens (tertiary/aromatic N) is 1. The number of esters is 1. The van der Waals surface area contributed by atoms with Crippen LogP contribution in [0.3, 0.4) is 0 Å². The molecule has 1 aromatic heterocycles. The highest BCUT2D eigenvalue weighted by atomic mass is 32.1. The first kappa shape index (κ1) is 21.1. The predicted molar refractivity (Wildman–Crippen MR) is 124 cm³/mol. The fraction of sp³-hybridized carbons (Fsp3) is 0.200. The number of fused-ring (bicyclic) bond motifs is 2. The number of anilines is 2. The molecule has 1 aliphatic carbocycles. The van der Waals surface area contributed by atoms with E-state index in [1.807, 2.05) is 0 Å². The van der Waals surface area contributed by atoms with Crippen molar-refractivity contribution < 1.29 is 23.9 Å². The fourth-order valence-corrected chi connectivity index (χ4v) is 5.57. The Morgan fingerprint density at radius 3 is 2.45 bits per heavy atom. The Hall–Kier alpha value is -3.78. The minimum absolute atomic E-state index is 0.249. The van der Waals surface area contributed by atoms with Crippen LogP contribution in [-0.2, 0) is 17.6 Å². The van der Waals surface area contributed by atoms with Gasteiger partial charge in [-0.1, -0.05) is 18.2 Å². The summed E-state index contributed by atoms with van der Waals surface area (Å²) < 4.78 is 5.22. The zero-order valence-corrected chi connectivity index (χ0v) is 18.7. The largest absolute Gasteiger partial charge is 0.462 e. The van der Waals surface area contributed by atoms with E-state index in [-0.39, 0.29) is 12.2 Å². The maximum absolute atomic E-state index is 13.1. The smallest absolute Gasteiger partial charge is 0.341 e. The number of hydrogen-bond donors (Lipinski definition) is 1. The van der Waals surface area contributed by atoms with Gasteiger partial charge in [-0.15, -0.1) is 11.3 Å². The summed E-state index contributed by atoms with van der Waals surface area (Å²) in [6.07, 6.45) is 2.63. The number of nitrogens with one attached hydrogen (secondary N) is 1. The highest BCUT2D eigenvalue weighted by molar-refractivity contribution is 7.17. The van der Waals surface area contributed by atoms with Gasteiger partial charge in [0.15, 0.2) is 0 Å². The maximum atomic E-state index is 13.1. The van der Waals surface area contributed by atoms with Crippen LogP contribution in [0.15, 0.2) is 48.5 Å². The second-order valence-corrected chi connectivity index (χ2v) is 8.88. The standard InChI is InChI=1S/C25H20N2O5S/c1-2-32-25(31)20-18-11-6-12-19(18)33-22(20)26-21(28)14-7-5-8-15(13-14)27-23(29)16-9-3-4-10-17(16)24(27)30/h3-5,7-10,13H,2,6,11-12H2,1H3,(H,26,28). The summed E-state index contributed by atoms with van der Waals surface area (Å²) in [5.41, 5.74) is 2.64. The first-order valence-corrected chi connectivity index (χ1v) is 11.5. The molecule has 0 unspecified atom stereocenters. The van der Waals surface area contributed by atoms with Crippen LogP contribution in [0.25, 0.3) is 0 Å². The molecule has 3 amide bonds. The highest BCUT2D eigenvalue weighted by Gasteiger charge is 2.36. The first-order chi connectivity index (χ1) is 16.0. The molecule has 0 saturated heterocycles. The van der Waals surface area contributed by atoms with Gasteiger partial charge in [-0.3, -0.25) is 14.4 Å². The topological polar surface area (TPSA) is 92.8 Å². The number of thiophene rings is 1. The summed E-state index contributed by atoms with van der Waals surface area (Å²) in [5, 5.41) is 3.31. The summed E-state index contributed by atoms with van der Waals surface area (Å²) in [5.74, 6) is -1.72. The zero-order chi connectivity index (χ0) is 23.1. The second-order valence-electron chi connectivity index (χ2n) is 7.78. The number of imide groups is 1. The lowest BCUT2D eigenvalue weighted by Gasteiger charge is -2.15. The molecule has 0 radical (unpaired) electrons. The van der Waals surface area contributed by atoms with Gasteiger partial charge in [0.05, 0.1) is 29.0 Å². The van der Waals surface area contributed by atoms with Gasteiger partial charge in [0.1, 0.15) is 5.00 Å². The fourth-order valence-electron chi connectivity index (χ4n) is 4.30. The van der Waals surface area contributed by atoms with Crippen LogP contribution in [0, 0.1) is 0 Å². The monoisotopic (exact) mass is 460 g/mol. The third-order valence-corrected chi connectivity index (χ3v) is 7.00. The van der Waals surface area contributed by atoms with E-state index >= 15 is 0 Å². The van der Waals surface area contributed by atoms with Gasteiger partial charge >= 0.3 is 5.97 Å². The van der Waals surface area contributed by atoms with Crippen LogP contribution in [0.1, 0.15) is 65.2 Å². The number of amides is 3. The van der Waals surface area contributed by atoms with Crippen molar-refractivity contribution in [3.63, 3.8) is 0 Å². The predicted octanol–water partition coefficient (Wildman–Crippen LogP) is 4.47. The van der Waals surface area contributed by atoms with Gasteiger partial charge in [-0.25, -0.2) is 9.69 Å². The molecule has 8 heteroatoms. The van der Waals surface area contributed by atoms with Crippen LogP contribution >= 0.6 is 11.3 Å². The van der Waals surface area contributed by atoms with Gasteiger partial charge in [0, 0.05) is 10.4 Å². The molecule has 2 aliphatic rings. The number of carbonyl (C=O) groups excluding carboxylic acids is 4. The number of hydrogen-bond acceptors (Lipinski definition) is 6. The third-order valence-electron chi connectivity index (χ3n) is 5.79. The molecule has 1 aliphatic heterocycles. The maximum Gasteiger partial charge on any atom is 0.341 e. The second kappa shape index (κ2) is 8.29. The van der Waals surface area contributed by atoms with Crippen molar-refractivity contribution >= 4 is 45.7 Å². The van der Waals surface area contributed by atoms with E-state index in [1.165, 1.54) is 17.4 Å². The van der Waals surface area contributed by atoms with Gasteiger partial charge in [0.25, 0.3) is 17.7 Å². The SMILES string of the molecule is CCOC(=O)c1c(NC(=O)c2cccc(N3C(=O)c4ccccc4C3=O)c2)sc2c1CCC2. The minimum atomic E-state index is -0.438. The summed E-state index contributed by atoms with van der Waals surface area (Å²) in [6, 6.07) is 13.0. The highest BCUT2D eigenvalue weighted by Crippen LogP contribution is 2.40. The quantitative estimate of drug-likeness (QED) is 0.448. The molecule has 7 nitrogen and oxygen atoms in total. The van der Waals surface area contributed by atoms with Crippen LogP contribution < -0.4 is 10.2 Å². The van der Waals surface area contributed by atoms with Crippen LogP contribution in [-0.4, -0.2) is 30.3 Å². The molecule has 3 aromatic rings. The molecule has 5 rings (SSSR count). The van der Waals surface area contributed by atoms with Crippen molar-refractivity contribution in [2.75, 3.05) is 16.8 Å². The summed E-state index contributed by atoms with van der Waals surface area (Å²) in [7, 11) is 0. The Bertz CT molecular complexity index is 1290. The molecule has 1 N–H and O–H groups in total. The van der Waals surface area contributed by atoms with E-state index < -0.39 is 23.7 Å². The Morgan fingerprint density at radius 2 is 1.76 bits per heavy atom. The molecule has 166 valence electrons. The summed E-state index contributed by atoms with van der Waals surface area (Å²) >= 11 is 1.40. The van der Waals surface area contributed by atoms with E-state index in [4.69, 9.17) is 4.74 Å². The van der Waals surface area contributed by atoms with Crippen molar-refractivity contribution in [3.8, 4) is 0 Å². The van der Waals surface area contributed by atoms with Crippen molar-refractivity contribution in [3.05, 3.63) is 81.2 Å². The zero-order valence-electron chi connectivity index (χ0n) is 17.8. The molecule has 0 saturated carbocycles. The van der Waals surface area contributed by atoms with Crippen LogP contribution in [0.4, 0.5) is 10.7 Å². The Kier molecular flexibility index (Phi) is 5.30. The molecule has 0 spiro atoms. The number of rotatable bonds is 5. The molecule has 0 fully saturated rings. The Labute approximate surface area is 194 Å². The average Bonchev–Trinajstić information content (AvgIpc) is 3.46. The summed E-state index contributed by atoms with van der Waals surface area (Å²) in [4.78, 5) is 53.4. The van der Waals surface area contributed by atoms with E-state index in [9.17, 15) is 19.2 Å². The van der Waals surface area contributed by atoms with Gasteiger partial charge < -0.3 is 10.1 Å². The van der Waals surface area contributed by atoms with E-state index in [2.05, 4.69) is 5.32 Å². The number of benzene rings is 2. The molecular formula is C25H20N2O5S. The van der Waals surface area contributed by atoms with Gasteiger partial charge in [-0.05, 0) is 62.1 Å². The molecule has 0 atom stereocenters. The minimum Gasteiger partial charge on any atom is -0.462 e. The molecule has 0 bridgehead atoms.